The molecule has 0 aliphatic heterocycles. The van der Waals surface area contributed by atoms with E-state index in [-0.39, 0.29) is 5.41 Å². The van der Waals surface area contributed by atoms with E-state index in [1.807, 2.05) is 13.8 Å². The molecule has 0 heterocycles. The van der Waals surface area contributed by atoms with Gasteiger partial charge < -0.3 is 14.4 Å². The summed E-state index contributed by atoms with van der Waals surface area (Å²) in [4.78, 5) is 2.19. The van der Waals surface area contributed by atoms with E-state index in [2.05, 4.69) is 25.9 Å². The summed E-state index contributed by atoms with van der Waals surface area (Å²) in [6.45, 7) is 7.65. The van der Waals surface area contributed by atoms with Crippen molar-refractivity contribution >= 4 is 10.2 Å². The van der Waals surface area contributed by atoms with E-state index >= 15 is 0 Å². The van der Waals surface area contributed by atoms with Crippen LogP contribution in [0.4, 0.5) is 0 Å². The zero-order valence-electron chi connectivity index (χ0n) is 10.5. The standard InChI is InChI=1S/C10H25NO2Si/c1-6-9(11(4)5)10(14,12-7-2)13-8-3/h9H,6-8H2,1-5,14H3. The third-order valence-electron chi connectivity index (χ3n) is 2.48. The second-order valence-corrected chi connectivity index (χ2v) is 5.16. The predicted octanol–water partition coefficient (Wildman–Crippen LogP) is 0.419. The van der Waals surface area contributed by atoms with Gasteiger partial charge in [-0.15, -0.1) is 0 Å². The van der Waals surface area contributed by atoms with Gasteiger partial charge in [-0.05, 0) is 34.4 Å². The molecular weight excluding hydrogens is 194 g/mol. The van der Waals surface area contributed by atoms with E-state index in [4.69, 9.17) is 9.47 Å². The molecule has 0 rings (SSSR count). The van der Waals surface area contributed by atoms with Crippen molar-refractivity contribution < 1.29 is 9.47 Å². The average molecular weight is 219 g/mol. The first-order valence-electron chi connectivity index (χ1n) is 5.46. The van der Waals surface area contributed by atoms with Crippen LogP contribution < -0.4 is 0 Å². The fourth-order valence-electron chi connectivity index (χ4n) is 2.01. The van der Waals surface area contributed by atoms with E-state index in [1.165, 1.54) is 0 Å². The molecule has 0 aromatic rings. The first kappa shape index (κ1) is 14.1. The molecule has 0 N–H and O–H groups in total. The monoisotopic (exact) mass is 219 g/mol. The van der Waals surface area contributed by atoms with Crippen molar-refractivity contribution in [1.82, 2.24) is 4.90 Å². The molecule has 0 aliphatic rings. The lowest BCUT2D eigenvalue weighted by Crippen LogP contribution is -2.54. The number of ether oxygens (including phenoxy) is 2. The normalized spacial score (nSPS) is 15.0. The lowest BCUT2D eigenvalue weighted by Gasteiger charge is -2.40. The van der Waals surface area contributed by atoms with Gasteiger partial charge in [-0.25, -0.2) is 0 Å². The van der Waals surface area contributed by atoms with E-state index in [0.29, 0.717) is 19.3 Å². The van der Waals surface area contributed by atoms with Crippen LogP contribution in [0, 0.1) is 0 Å². The van der Waals surface area contributed by atoms with E-state index in [9.17, 15) is 0 Å². The van der Waals surface area contributed by atoms with Gasteiger partial charge in [0.15, 0.2) is 5.41 Å². The summed E-state index contributed by atoms with van der Waals surface area (Å²) < 4.78 is 11.6. The minimum absolute atomic E-state index is 0.345. The topological polar surface area (TPSA) is 21.7 Å². The largest absolute Gasteiger partial charge is 0.353 e. The van der Waals surface area contributed by atoms with Crippen LogP contribution in [0.25, 0.3) is 0 Å². The van der Waals surface area contributed by atoms with Crippen LogP contribution in [-0.4, -0.2) is 53.9 Å². The van der Waals surface area contributed by atoms with Crippen molar-refractivity contribution in [3.8, 4) is 0 Å². The molecule has 0 saturated heterocycles. The molecule has 4 heteroatoms. The second kappa shape index (κ2) is 6.56. The predicted molar refractivity (Wildman–Crippen MR) is 63.7 cm³/mol. The van der Waals surface area contributed by atoms with E-state index in [0.717, 1.165) is 16.7 Å². The summed E-state index contributed by atoms with van der Waals surface area (Å²) in [6, 6.07) is 0.356. The fraction of sp³-hybridized carbons (Fsp3) is 1.00. The molecule has 0 bridgehead atoms. The second-order valence-electron chi connectivity index (χ2n) is 3.77. The van der Waals surface area contributed by atoms with Crippen LogP contribution in [0.1, 0.15) is 27.2 Å². The Morgan fingerprint density at radius 1 is 1.14 bits per heavy atom. The summed E-state index contributed by atoms with van der Waals surface area (Å²) >= 11 is 0. The molecule has 0 radical (unpaired) electrons. The minimum Gasteiger partial charge on any atom is -0.353 e. The average Bonchev–Trinajstić information content (AvgIpc) is 2.04. The first-order valence-corrected chi connectivity index (χ1v) is 6.46. The van der Waals surface area contributed by atoms with Crippen molar-refractivity contribution in [2.45, 2.75) is 38.6 Å². The molecule has 1 unspecified atom stereocenters. The highest BCUT2D eigenvalue weighted by atomic mass is 28.1. The molecule has 0 spiro atoms. The maximum atomic E-state index is 5.78. The van der Waals surface area contributed by atoms with Crippen molar-refractivity contribution in [2.75, 3.05) is 27.3 Å². The van der Waals surface area contributed by atoms with Gasteiger partial charge >= 0.3 is 0 Å². The molecule has 0 fully saturated rings. The van der Waals surface area contributed by atoms with Gasteiger partial charge in [-0.2, -0.15) is 0 Å². The summed E-state index contributed by atoms with van der Waals surface area (Å²) in [5.41, 5.74) is -0.345. The van der Waals surface area contributed by atoms with E-state index < -0.39 is 0 Å². The zero-order chi connectivity index (χ0) is 11.2. The van der Waals surface area contributed by atoms with Crippen LogP contribution in [0.5, 0.6) is 0 Å². The Hall–Kier alpha value is 0.0969. The molecule has 0 aromatic heterocycles. The lowest BCUT2D eigenvalue weighted by molar-refractivity contribution is -0.205. The van der Waals surface area contributed by atoms with Gasteiger partial charge in [0.05, 0.1) is 16.3 Å². The number of hydrogen-bond acceptors (Lipinski definition) is 3. The quantitative estimate of drug-likeness (QED) is 0.457. The number of likely N-dealkylation sites (N-methyl/N-ethyl adjacent to an activating group) is 1. The van der Waals surface area contributed by atoms with Crippen LogP contribution in [0.15, 0.2) is 0 Å². The summed E-state index contributed by atoms with van der Waals surface area (Å²) in [5.74, 6) is 0. The lowest BCUT2D eigenvalue weighted by atomic mass is 10.2. The zero-order valence-corrected chi connectivity index (χ0v) is 12.5. The summed E-state index contributed by atoms with van der Waals surface area (Å²) in [7, 11) is 5.06. The Bertz CT molecular complexity index is 147. The van der Waals surface area contributed by atoms with Crippen molar-refractivity contribution in [2.24, 2.45) is 0 Å². The van der Waals surface area contributed by atoms with Crippen LogP contribution >= 0.6 is 0 Å². The van der Waals surface area contributed by atoms with Gasteiger partial charge in [0.25, 0.3) is 0 Å². The van der Waals surface area contributed by atoms with Gasteiger partial charge in [-0.3, -0.25) is 0 Å². The molecule has 14 heavy (non-hydrogen) atoms. The number of hydrogen-bond donors (Lipinski definition) is 0. The maximum absolute atomic E-state index is 5.78. The molecule has 0 aliphatic carbocycles. The molecule has 0 aromatic carbocycles. The maximum Gasteiger partial charge on any atom is 0.156 e. The molecule has 3 nitrogen and oxygen atoms in total. The SMILES string of the molecule is CCOC([SiH3])(OCC)C(CC)N(C)C. The first-order chi connectivity index (χ1) is 6.51. The summed E-state index contributed by atoms with van der Waals surface area (Å²) in [6.07, 6.45) is 1.05. The van der Waals surface area contributed by atoms with Gasteiger partial charge in [0.2, 0.25) is 0 Å². The summed E-state index contributed by atoms with van der Waals surface area (Å²) in [5, 5.41) is 0. The molecule has 1 atom stereocenters. The minimum atomic E-state index is -0.345. The van der Waals surface area contributed by atoms with Crippen LogP contribution in [-0.2, 0) is 9.47 Å². The Morgan fingerprint density at radius 3 is 1.79 bits per heavy atom. The molecule has 86 valence electrons. The highest BCUT2D eigenvalue weighted by Gasteiger charge is 2.35. The Kier molecular flexibility index (Phi) is 6.60. The Labute approximate surface area is 91.2 Å². The van der Waals surface area contributed by atoms with Crippen molar-refractivity contribution in [1.29, 1.82) is 0 Å². The van der Waals surface area contributed by atoms with Gasteiger partial charge in [-0.1, -0.05) is 6.92 Å². The molecular formula is C10H25NO2Si. The fourth-order valence-corrected chi connectivity index (χ4v) is 3.51. The van der Waals surface area contributed by atoms with Crippen molar-refractivity contribution in [3.05, 3.63) is 0 Å². The Balaban J connectivity index is 4.57. The van der Waals surface area contributed by atoms with Gasteiger partial charge in [0, 0.05) is 13.2 Å². The van der Waals surface area contributed by atoms with Gasteiger partial charge in [0.1, 0.15) is 0 Å². The Morgan fingerprint density at radius 2 is 1.57 bits per heavy atom. The number of nitrogens with zero attached hydrogens (tertiary/aromatic N) is 1. The van der Waals surface area contributed by atoms with E-state index in [1.54, 1.807) is 0 Å². The smallest absolute Gasteiger partial charge is 0.156 e. The van der Waals surface area contributed by atoms with Crippen molar-refractivity contribution in [3.63, 3.8) is 0 Å². The third kappa shape index (κ3) is 3.69. The molecule has 0 amide bonds. The third-order valence-corrected chi connectivity index (χ3v) is 3.72. The molecule has 0 saturated carbocycles. The highest BCUT2D eigenvalue weighted by Crippen LogP contribution is 2.20. The van der Waals surface area contributed by atoms with Crippen LogP contribution in [0.2, 0.25) is 0 Å². The number of rotatable bonds is 7. The van der Waals surface area contributed by atoms with Crippen LogP contribution in [0.3, 0.4) is 0 Å². The highest BCUT2D eigenvalue weighted by molar-refractivity contribution is 6.14.